The lowest BCUT2D eigenvalue weighted by Crippen LogP contribution is -2.32. The van der Waals surface area contributed by atoms with Crippen LogP contribution in [-0.4, -0.2) is 36.6 Å². The molecular weight excluding hydrogens is 462 g/mol. The van der Waals surface area contributed by atoms with Gasteiger partial charge in [-0.15, -0.1) is 0 Å². The number of anilines is 1. The second-order valence-electron chi connectivity index (χ2n) is 8.05. The van der Waals surface area contributed by atoms with E-state index in [2.05, 4.69) is 15.3 Å². The smallest absolute Gasteiger partial charge is 0.271 e. The number of fused-ring (bicyclic) bond motifs is 1. The summed E-state index contributed by atoms with van der Waals surface area (Å²) in [5.74, 6) is -1.98. The van der Waals surface area contributed by atoms with Crippen LogP contribution in [0.3, 0.4) is 0 Å². The van der Waals surface area contributed by atoms with Crippen molar-refractivity contribution in [2.24, 2.45) is 0 Å². The van der Waals surface area contributed by atoms with Crippen molar-refractivity contribution < 1.29 is 22.0 Å². The van der Waals surface area contributed by atoms with Crippen LogP contribution in [0.1, 0.15) is 40.1 Å². The van der Waals surface area contributed by atoms with Crippen molar-refractivity contribution in [3.05, 3.63) is 100 Å². The van der Waals surface area contributed by atoms with E-state index in [1.807, 2.05) is 24.3 Å². The fourth-order valence-electron chi connectivity index (χ4n) is 3.84. The molecule has 0 spiro atoms. The molecule has 4 rings (SSSR count). The molecule has 176 valence electrons. The van der Waals surface area contributed by atoms with Gasteiger partial charge in [-0.1, -0.05) is 42.5 Å². The second-order valence-corrected chi connectivity index (χ2v) is 9.98. The predicted molar refractivity (Wildman–Crippen MR) is 124 cm³/mol. The van der Waals surface area contributed by atoms with Crippen molar-refractivity contribution in [2.75, 3.05) is 11.2 Å². The number of nitrogens with zero attached hydrogens (tertiary/aromatic N) is 3. The summed E-state index contributed by atoms with van der Waals surface area (Å²) in [4.78, 5) is 22.8. The number of halogens is 2. The molecule has 0 bridgehead atoms. The molecule has 3 aromatic rings. The number of aromatic nitrogens is 2. The van der Waals surface area contributed by atoms with Crippen molar-refractivity contribution >= 4 is 21.6 Å². The van der Waals surface area contributed by atoms with Gasteiger partial charge < -0.3 is 10.2 Å². The first-order valence-corrected chi connectivity index (χ1v) is 12.4. The monoisotopic (exact) mass is 484 g/mol. The molecule has 2 aromatic carbocycles. The molecule has 0 saturated carbocycles. The van der Waals surface area contributed by atoms with Crippen LogP contribution in [0.4, 0.5) is 14.6 Å². The van der Waals surface area contributed by atoms with Crippen molar-refractivity contribution in [3.63, 3.8) is 0 Å². The highest BCUT2D eigenvalue weighted by Gasteiger charge is 2.34. The molecule has 0 unspecified atom stereocenters. The molecule has 1 aliphatic rings. The molecule has 2 heterocycles. The zero-order chi connectivity index (χ0) is 24.5. The molecule has 1 amide bonds. The van der Waals surface area contributed by atoms with Gasteiger partial charge in [0, 0.05) is 29.8 Å². The van der Waals surface area contributed by atoms with Gasteiger partial charge >= 0.3 is 0 Å². The lowest BCUT2D eigenvalue weighted by Gasteiger charge is -2.27. The highest BCUT2D eigenvalue weighted by Crippen LogP contribution is 2.41. The van der Waals surface area contributed by atoms with Gasteiger partial charge in [-0.05, 0) is 24.1 Å². The van der Waals surface area contributed by atoms with E-state index in [1.165, 1.54) is 24.5 Å². The van der Waals surface area contributed by atoms with Crippen LogP contribution in [0.2, 0.25) is 0 Å². The van der Waals surface area contributed by atoms with E-state index in [0.717, 1.165) is 28.9 Å². The molecule has 0 radical (unpaired) electrons. The van der Waals surface area contributed by atoms with E-state index < -0.39 is 39.5 Å². The van der Waals surface area contributed by atoms with Gasteiger partial charge in [0.25, 0.3) is 5.91 Å². The second kappa shape index (κ2) is 9.30. The van der Waals surface area contributed by atoms with Gasteiger partial charge in [-0.2, -0.15) is 0 Å². The molecule has 0 saturated heterocycles. The number of nitrogens with one attached hydrogen (secondary N) is 1. The predicted octanol–water partition coefficient (Wildman–Crippen LogP) is 3.54. The summed E-state index contributed by atoms with van der Waals surface area (Å²) in [7, 11) is -3.31. The number of hydrogen-bond donors (Lipinski definition) is 1. The Balaban J connectivity index is 1.60. The van der Waals surface area contributed by atoms with Gasteiger partial charge in [0.05, 0.1) is 18.4 Å². The molecule has 2 atom stereocenters. The maximum atomic E-state index is 14.7. The van der Waals surface area contributed by atoms with Crippen LogP contribution in [0.15, 0.2) is 66.3 Å². The SMILES string of the molecule is C[C@H](/C=C/S(C)(=O)=O)NC(=O)c1cnc(N2Cc3ccccc3[C@H]2c2cccc(F)c2F)cn1. The molecule has 1 aromatic heterocycles. The standard InChI is InChI=1S/C24H22F2N4O3S/c1-15(10-11-34(2,32)33)29-24(31)20-12-28-21(13-27-20)30-14-16-6-3-4-7-17(16)23(30)18-8-5-9-19(25)22(18)26/h3-13,15,23H,14H2,1-2H3,(H,29,31)/b11-10+/t15-,23+/m1/s1. The Hall–Kier alpha value is -3.66. The quantitative estimate of drug-likeness (QED) is 0.576. The fourth-order valence-corrected chi connectivity index (χ4v) is 4.37. The Morgan fingerprint density at radius 1 is 1.12 bits per heavy atom. The Bertz CT molecular complexity index is 1360. The van der Waals surface area contributed by atoms with Crippen LogP contribution in [0.25, 0.3) is 0 Å². The van der Waals surface area contributed by atoms with E-state index in [1.54, 1.807) is 17.9 Å². The third kappa shape index (κ3) is 4.96. The van der Waals surface area contributed by atoms with Crippen LogP contribution in [0, 0.1) is 11.6 Å². The zero-order valence-electron chi connectivity index (χ0n) is 18.4. The van der Waals surface area contributed by atoms with E-state index in [4.69, 9.17) is 0 Å². The summed E-state index contributed by atoms with van der Waals surface area (Å²) >= 11 is 0. The number of amides is 1. The van der Waals surface area contributed by atoms with E-state index in [-0.39, 0.29) is 11.3 Å². The minimum Gasteiger partial charge on any atom is -0.345 e. The summed E-state index contributed by atoms with van der Waals surface area (Å²) < 4.78 is 51.2. The first-order valence-electron chi connectivity index (χ1n) is 10.4. The largest absolute Gasteiger partial charge is 0.345 e. The normalized spacial score (nSPS) is 16.5. The highest BCUT2D eigenvalue weighted by molar-refractivity contribution is 7.93. The van der Waals surface area contributed by atoms with Gasteiger partial charge in [-0.25, -0.2) is 27.2 Å². The average Bonchev–Trinajstić information content (AvgIpc) is 3.18. The third-order valence-electron chi connectivity index (χ3n) is 5.42. The van der Waals surface area contributed by atoms with Crippen LogP contribution in [0.5, 0.6) is 0 Å². The van der Waals surface area contributed by atoms with Gasteiger partial charge in [0.1, 0.15) is 11.5 Å². The minimum absolute atomic E-state index is 0.0357. The number of sulfone groups is 1. The topological polar surface area (TPSA) is 92.3 Å². The Kier molecular flexibility index (Phi) is 6.43. The molecule has 34 heavy (non-hydrogen) atoms. The fraction of sp³-hybridized carbons (Fsp3) is 0.208. The van der Waals surface area contributed by atoms with Crippen LogP contribution >= 0.6 is 0 Å². The molecule has 1 aliphatic heterocycles. The van der Waals surface area contributed by atoms with E-state index in [9.17, 15) is 22.0 Å². The van der Waals surface area contributed by atoms with Crippen molar-refractivity contribution in [1.29, 1.82) is 0 Å². The van der Waals surface area contributed by atoms with Gasteiger partial charge in [-0.3, -0.25) is 4.79 Å². The van der Waals surface area contributed by atoms with Crippen molar-refractivity contribution in [2.45, 2.75) is 25.6 Å². The Morgan fingerprint density at radius 3 is 2.56 bits per heavy atom. The number of hydrogen-bond acceptors (Lipinski definition) is 6. The molecule has 0 fully saturated rings. The molecule has 0 aliphatic carbocycles. The summed E-state index contributed by atoms with van der Waals surface area (Å²) in [6, 6.07) is 10.4. The first-order chi connectivity index (χ1) is 16.1. The molecule has 1 N–H and O–H groups in total. The zero-order valence-corrected chi connectivity index (χ0v) is 19.3. The lowest BCUT2D eigenvalue weighted by molar-refractivity contribution is 0.0941. The number of carbonyl (C=O) groups excluding carboxylic acids is 1. The Labute approximate surface area is 196 Å². The summed E-state index contributed by atoms with van der Waals surface area (Å²) in [5, 5.41) is 3.64. The maximum absolute atomic E-state index is 14.7. The maximum Gasteiger partial charge on any atom is 0.271 e. The summed E-state index contributed by atoms with van der Waals surface area (Å²) in [6.45, 7) is 2.03. The van der Waals surface area contributed by atoms with Crippen LogP contribution in [-0.2, 0) is 16.4 Å². The Morgan fingerprint density at radius 2 is 1.85 bits per heavy atom. The minimum atomic E-state index is -3.31. The molecular formula is C24H22F2N4O3S. The van der Waals surface area contributed by atoms with Gasteiger partial charge in [0.15, 0.2) is 21.5 Å². The van der Waals surface area contributed by atoms with Crippen molar-refractivity contribution in [3.8, 4) is 0 Å². The van der Waals surface area contributed by atoms with Crippen LogP contribution < -0.4 is 10.2 Å². The highest BCUT2D eigenvalue weighted by atomic mass is 32.2. The first kappa shape index (κ1) is 23.5. The van der Waals surface area contributed by atoms with Crippen molar-refractivity contribution in [1.82, 2.24) is 15.3 Å². The van der Waals surface area contributed by atoms with E-state index in [0.29, 0.717) is 12.4 Å². The third-order valence-corrected chi connectivity index (χ3v) is 6.07. The molecule has 7 nitrogen and oxygen atoms in total. The number of rotatable bonds is 6. The van der Waals surface area contributed by atoms with Gasteiger partial charge in [0.2, 0.25) is 0 Å². The number of carbonyl (C=O) groups is 1. The summed E-state index contributed by atoms with van der Waals surface area (Å²) in [6.07, 6.45) is 5.11. The summed E-state index contributed by atoms with van der Waals surface area (Å²) in [5.41, 5.74) is 2.00. The lowest BCUT2D eigenvalue weighted by atomic mass is 9.97. The van der Waals surface area contributed by atoms with E-state index >= 15 is 0 Å². The number of benzene rings is 2. The average molecular weight is 485 g/mol. The molecule has 10 heteroatoms.